The van der Waals surface area contributed by atoms with Crippen molar-refractivity contribution in [3.63, 3.8) is 0 Å². The quantitative estimate of drug-likeness (QED) is 0.648. The fourth-order valence-corrected chi connectivity index (χ4v) is 2.58. The Morgan fingerprint density at radius 2 is 2.04 bits per heavy atom. The lowest BCUT2D eigenvalue weighted by Gasteiger charge is -2.35. The number of aromatic nitrogens is 1. The molecule has 1 aromatic carbocycles. The third-order valence-electron chi connectivity index (χ3n) is 3.84. The molecular weight excluding hydrogens is 359 g/mol. The van der Waals surface area contributed by atoms with Gasteiger partial charge in [-0.1, -0.05) is 12.1 Å². The molecule has 1 aliphatic rings. The van der Waals surface area contributed by atoms with Crippen molar-refractivity contribution in [3.8, 4) is 5.75 Å². The van der Waals surface area contributed by atoms with E-state index in [2.05, 4.69) is 10.3 Å². The monoisotopic (exact) mass is 374 g/mol. The van der Waals surface area contributed by atoms with Crippen molar-refractivity contribution in [1.29, 1.82) is 0 Å². The number of nitrogens with zero attached hydrogens (tertiary/aromatic N) is 3. The molecule has 10 heteroatoms. The van der Waals surface area contributed by atoms with Crippen LogP contribution in [0.2, 0.25) is 0 Å². The largest absolute Gasteiger partial charge is 0.472 e. The minimum atomic E-state index is -1.30. The molecule has 1 N–H and O–H groups in total. The van der Waals surface area contributed by atoms with Gasteiger partial charge >= 0.3 is 5.82 Å². The third kappa shape index (κ3) is 3.54. The number of amides is 2. The second-order valence-corrected chi connectivity index (χ2v) is 6.28. The van der Waals surface area contributed by atoms with E-state index in [1.165, 1.54) is 38.1 Å². The third-order valence-corrected chi connectivity index (χ3v) is 3.84. The predicted octanol–water partition coefficient (Wildman–Crippen LogP) is 2.27. The minimum Gasteiger partial charge on any atom is -0.472 e. The fraction of sp³-hybridized carbons (Fsp3) is 0.235. The van der Waals surface area contributed by atoms with Crippen molar-refractivity contribution in [2.75, 3.05) is 16.8 Å². The highest BCUT2D eigenvalue weighted by Crippen LogP contribution is 2.37. The minimum absolute atomic E-state index is 0.0466. The van der Waals surface area contributed by atoms with Gasteiger partial charge < -0.3 is 20.2 Å². The van der Waals surface area contributed by atoms with Crippen LogP contribution in [0.15, 0.2) is 36.4 Å². The summed E-state index contributed by atoms with van der Waals surface area (Å²) in [5.41, 5.74) is -1.35. The predicted molar refractivity (Wildman–Crippen MR) is 93.0 cm³/mol. The van der Waals surface area contributed by atoms with Crippen LogP contribution < -0.4 is 15.0 Å². The summed E-state index contributed by atoms with van der Waals surface area (Å²) in [4.78, 5) is 40.1. The number of carbonyl (C=O) groups is 2. The Bertz CT molecular complexity index is 947. The summed E-state index contributed by atoms with van der Waals surface area (Å²) in [6.07, 6.45) is 0. The van der Waals surface area contributed by atoms with E-state index in [0.717, 1.165) is 11.0 Å². The summed E-state index contributed by atoms with van der Waals surface area (Å²) in [6.45, 7) is 2.49. The van der Waals surface area contributed by atoms with E-state index in [4.69, 9.17) is 4.74 Å². The molecule has 0 aliphatic carbocycles. The maximum Gasteiger partial charge on any atom is 0.366 e. The number of hydrogen-bond donors (Lipinski definition) is 1. The molecule has 0 saturated carbocycles. The standard InChI is InChI=1S/C17H15FN4O5/c1-17(2)16(24)21(9-14(23)19-11-6-4-3-5-10(11)18)15-12(27-17)7-8-13(20-15)22(25)26/h3-8H,9H2,1-2H3,(H,19,23). The van der Waals surface area contributed by atoms with E-state index in [-0.39, 0.29) is 17.3 Å². The highest BCUT2D eigenvalue weighted by molar-refractivity contribution is 6.07. The Morgan fingerprint density at radius 3 is 2.70 bits per heavy atom. The van der Waals surface area contributed by atoms with Gasteiger partial charge in [-0.2, -0.15) is 0 Å². The van der Waals surface area contributed by atoms with Crippen molar-refractivity contribution in [2.24, 2.45) is 0 Å². The molecule has 1 aromatic heterocycles. The summed E-state index contributed by atoms with van der Waals surface area (Å²) in [5.74, 6) is -2.43. The number of halogens is 1. The zero-order chi connectivity index (χ0) is 19.8. The molecule has 0 fully saturated rings. The van der Waals surface area contributed by atoms with Crippen LogP contribution in [0.1, 0.15) is 13.8 Å². The molecule has 27 heavy (non-hydrogen) atoms. The lowest BCUT2D eigenvalue weighted by Crippen LogP contribution is -2.54. The number of carbonyl (C=O) groups excluding carboxylic acids is 2. The molecule has 0 atom stereocenters. The molecule has 0 unspecified atom stereocenters. The summed E-state index contributed by atoms with van der Waals surface area (Å²) in [6, 6.07) is 8.02. The van der Waals surface area contributed by atoms with Crippen molar-refractivity contribution in [1.82, 2.24) is 4.98 Å². The Morgan fingerprint density at radius 1 is 1.33 bits per heavy atom. The highest BCUT2D eigenvalue weighted by Gasteiger charge is 2.45. The van der Waals surface area contributed by atoms with Crippen LogP contribution in [-0.4, -0.2) is 33.9 Å². The van der Waals surface area contributed by atoms with Gasteiger partial charge in [-0.3, -0.25) is 14.5 Å². The number of ether oxygens (including phenoxy) is 1. The van der Waals surface area contributed by atoms with Gasteiger partial charge in [0.2, 0.25) is 5.91 Å². The Labute approximate surface area is 152 Å². The summed E-state index contributed by atoms with van der Waals surface area (Å²) >= 11 is 0. The number of nitrogens with one attached hydrogen (secondary N) is 1. The van der Waals surface area contributed by atoms with Crippen LogP contribution in [0.4, 0.5) is 21.7 Å². The zero-order valence-electron chi connectivity index (χ0n) is 14.4. The molecule has 2 amide bonds. The lowest BCUT2D eigenvalue weighted by molar-refractivity contribution is -0.389. The van der Waals surface area contributed by atoms with Crippen LogP contribution in [-0.2, 0) is 9.59 Å². The Balaban J connectivity index is 1.92. The number of pyridine rings is 1. The smallest absolute Gasteiger partial charge is 0.366 e. The van der Waals surface area contributed by atoms with Gasteiger partial charge in [-0.15, -0.1) is 0 Å². The molecule has 3 rings (SSSR count). The van der Waals surface area contributed by atoms with Crippen molar-refractivity contribution >= 4 is 29.1 Å². The van der Waals surface area contributed by atoms with Crippen molar-refractivity contribution < 1.29 is 23.6 Å². The summed E-state index contributed by atoms with van der Waals surface area (Å²) < 4.78 is 19.3. The molecule has 0 spiro atoms. The van der Waals surface area contributed by atoms with Gasteiger partial charge in [0.05, 0.1) is 5.69 Å². The number of para-hydroxylation sites is 1. The van der Waals surface area contributed by atoms with Gasteiger partial charge in [0, 0.05) is 6.07 Å². The topological polar surface area (TPSA) is 115 Å². The molecule has 2 aromatic rings. The summed E-state index contributed by atoms with van der Waals surface area (Å²) in [5, 5.41) is 13.3. The Kier molecular flexibility index (Phi) is 4.48. The van der Waals surface area contributed by atoms with E-state index < -0.39 is 40.5 Å². The molecule has 1 aliphatic heterocycles. The van der Waals surface area contributed by atoms with Gasteiger partial charge in [-0.25, -0.2) is 4.39 Å². The van der Waals surface area contributed by atoms with Crippen molar-refractivity contribution in [3.05, 3.63) is 52.3 Å². The molecule has 9 nitrogen and oxygen atoms in total. The zero-order valence-corrected chi connectivity index (χ0v) is 14.4. The van der Waals surface area contributed by atoms with E-state index in [0.29, 0.717) is 0 Å². The SMILES string of the molecule is CC1(C)Oc2ccc([N+](=O)[O-])nc2N(CC(=O)Nc2ccccc2F)C1=O. The molecule has 140 valence electrons. The average Bonchev–Trinajstić information content (AvgIpc) is 2.60. The number of nitro groups is 1. The molecule has 0 bridgehead atoms. The van der Waals surface area contributed by atoms with Crippen LogP contribution in [0.25, 0.3) is 0 Å². The first-order valence-electron chi connectivity index (χ1n) is 7.90. The van der Waals surface area contributed by atoms with Crippen LogP contribution in [0.5, 0.6) is 5.75 Å². The normalized spacial score (nSPS) is 14.9. The highest BCUT2D eigenvalue weighted by atomic mass is 19.1. The maximum atomic E-state index is 13.7. The van der Waals surface area contributed by atoms with Crippen LogP contribution in [0, 0.1) is 15.9 Å². The van der Waals surface area contributed by atoms with E-state index in [9.17, 15) is 24.1 Å². The van der Waals surface area contributed by atoms with Crippen molar-refractivity contribution in [2.45, 2.75) is 19.4 Å². The number of benzene rings is 1. The second kappa shape index (κ2) is 6.63. The molecular formula is C17H15FN4O5. The molecule has 0 radical (unpaired) electrons. The van der Waals surface area contributed by atoms with Gasteiger partial charge in [0.25, 0.3) is 11.7 Å². The number of anilines is 2. The lowest BCUT2D eigenvalue weighted by atomic mass is 10.1. The molecule has 2 heterocycles. The fourth-order valence-electron chi connectivity index (χ4n) is 2.58. The van der Waals surface area contributed by atoms with Crippen LogP contribution >= 0.6 is 0 Å². The van der Waals surface area contributed by atoms with E-state index in [1.54, 1.807) is 6.07 Å². The number of rotatable bonds is 4. The first kappa shape index (κ1) is 18.2. The van der Waals surface area contributed by atoms with Gasteiger partial charge in [-0.05, 0) is 42.0 Å². The number of hydrogen-bond acceptors (Lipinski definition) is 6. The van der Waals surface area contributed by atoms with Gasteiger partial charge in [0.15, 0.2) is 11.4 Å². The first-order valence-corrected chi connectivity index (χ1v) is 7.90. The first-order chi connectivity index (χ1) is 12.7. The average molecular weight is 374 g/mol. The maximum absolute atomic E-state index is 13.7. The molecule has 0 saturated heterocycles. The Hall–Kier alpha value is -3.56. The summed E-state index contributed by atoms with van der Waals surface area (Å²) in [7, 11) is 0. The van der Waals surface area contributed by atoms with E-state index in [1.807, 2.05) is 0 Å². The van der Waals surface area contributed by atoms with Gasteiger partial charge in [0.1, 0.15) is 12.4 Å². The van der Waals surface area contributed by atoms with Crippen LogP contribution in [0.3, 0.4) is 0 Å². The number of fused-ring (bicyclic) bond motifs is 1. The second-order valence-electron chi connectivity index (χ2n) is 6.28. The van der Waals surface area contributed by atoms with E-state index >= 15 is 0 Å².